The van der Waals surface area contributed by atoms with Crippen molar-refractivity contribution < 1.29 is 14.7 Å². The molecule has 34 heavy (non-hydrogen) atoms. The number of hydrogen-bond donors (Lipinski definition) is 5. The highest BCUT2D eigenvalue weighted by atomic mass is 16.3. The number of aliphatic imine (C=N–C) groups is 1. The summed E-state index contributed by atoms with van der Waals surface area (Å²) in [7, 11) is 1.42. The Hall–Kier alpha value is -3.80. The molecule has 2 fully saturated rings. The summed E-state index contributed by atoms with van der Waals surface area (Å²) in [4.78, 5) is 46.8. The van der Waals surface area contributed by atoms with E-state index in [1.54, 1.807) is 6.20 Å². The zero-order chi connectivity index (χ0) is 24.1. The van der Waals surface area contributed by atoms with Crippen LogP contribution in [0.15, 0.2) is 29.9 Å². The second-order valence-corrected chi connectivity index (χ2v) is 8.32. The Kier molecular flexibility index (Phi) is 7.16. The van der Waals surface area contributed by atoms with Gasteiger partial charge in [-0.2, -0.15) is 0 Å². The minimum Gasteiger partial charge on any atom is -0.391 e. The van der Waals surface area contributed by atoms with Crippen LogP contribution in [-0.2, 0) is 4.79 Å². The van der Waals surface area contributed by atoms with Crippen LogP contribution >= 0.6 is 0 Å². The molecule has 0 radical (unpaired) electrons. The summed E-state index contributed by atoms with van der Waals surface area (Å²) in [6.45, 7) is 0. The Morgan fingerprint density at radius 2 is 1.97 bits per heavy atom. The maximum atomic E-state index is 13.2. The van der Waals surface area contributed by atoms with Crippen molar-refractivity contribution in [3.8, 4) is 0 Å². The van der Waals surface area contributed by atoms with Crippen LogP contribution in [-0.4, -0.2) is 74.0 Å². The van der Waals surface area contributed by atoms with Crippen LogP contribution in [0.1, 0.15) is 54.2 Å². The Morgan fingerprint density at radius 1 is 1.21 bits per heavy atom. The third-order valence-corrected chi connectivity index (χ3v) is 5.84. The maximum Gasteiger partial charge on any atom is 0.274 e. The van der Waals surface area contributed by atoms with Crippen molar-refractivity contribution in [2.45, 2.75) is 56.2 Å². The van der Waals surface area contributed by atoms with Crippen molar-refractivity contribution >= 4 is 35.2 Å². The van der Waals surface area contributed by atoms with E-state index in [-0.39, 0.29) is 29.2 Å². The predicted octanol–water partition coefficient (Wildman–Crippen LogP) is 0.736. The van der Waals surface area contributed by atoms with Gasteiger partial charge in [-0.3, -0.25) is 14.6 Å². The van der Waals surface area contributed by atoms with Crippen molar-refractivity contribution in [1.82, 2.24) is 30.6 Å². The maximum absolute atomic E-state index is 13.2. The monoisotopic (exact) mass is 465 g/mol. The lowest BCUT2D eigenvalue weighted by molar-refractivity contribution is -0.116. The molecule has 0 aliphatic heterocycles. The number of rotatable bonds is 9. The normalized spacial score (nSPS) is 20.9. The van der Waals surface area contributed by atoms with E-state index >= 15 is 0 Å². The molecule has 2 amide bonds. The van der Waals surface area contributed by atoms with Crippen LogP contribution in [0.5, 0.6) is 0 Å². The number of carbonyl (C=O) groups excluding carboxylic acids is 2. The molecule has 12 nitrogen and oxygen atoms in total. The van der Waals surface area contributed by atoms with Gasteiger partial charge in [0.2, 0.25) is 0 Å². The first-order chi connectivity index (χ1) is 16.5. The number of carbonyl (C=O) groups is 2. The number of nitrogens with zero attached hydrogens (tertiary/aromatic N) is 5. The number of aliphatic hydroxyl groups excluding tert-OH is 1. The van der Waals surface area contributed by atoms with Crippen LogP contribution in [0, 0.1) is 5.41 Å². The Labute approximate surface area is 196 Å². The van der Waals surface area contributed by atoms with E-state index in [9.17, 15) is 14.7 Å². The van der Waals surface area contributed by atoms with Crippen molar-refractivity contribution in [2.24, 2.45) is 4.99 Å². The van der Waals surface area contributed by atoms with Gasteiger partial charge in [0.15, 0.2) is 11.5 Å². The predicted molar refractivity (Wildman–Crippen MR) is 125 cm³/mol. The zero-order valence-corrected chi connectivity index (χ0v) is 18.7. The lowest BCUT2D eigenvalue weighted by Gasteiger charge is -2.20. The number of aliphatic hydroxyl groups is 1. The fourth-order valence-electron chi connectivity index (χ4n) is 3.86. The highest BCUT2D eigenvalue weighted by Gasteiger charge is 2.32. The van der Waals surface area contributed by atoms with Crippen LogP contribution in [0.2, 0.25) is 0 Å². The molecule has 3 unspecified atom stereocenters. The van der Waals surface area contributed by atoms with Crippen molar-refractivity contribution in [2.75, 3.05) is 12.4 Å². The zero-order valence-electron chi connectivity index (χ0n) is 18.7. The first-order valence-corrected chi connectivity index (χ1v) is 11.2. The highest BCUT2D eigenvalue weighted by molar-refractivity contribution is 6.44. The Morgan fingerprint density at radius 3 is 2.59 bits per heavy atom. The number of hydrogen-bond acceptors (Lipinski definition) is 10. The van der Waals surface area contributed by atoms with Gasteiger partial charge in [0.1, 0.15) is 18.1 Å². The fourth-order valence-corrected chi connectivity index (χ4v) is 3.86. The summed E-state index contributed by atoms with van der Waals surface area (Å²) in [5, 5.41) is 26.2. The van der Waals surface area contributed by atoms with E-state index in [0.717, 1.165) is 25.5 Å². The van der Waals surface area contributed by atoms with Gasteiger partial charge in [-0.1, -0.05) is 0 Å². The largest absolute Gasteiger partial charge is 0.391 e. The molecule has 2 aromatic heterocycles. The molecule has 0 aromatic carbocycles. The molecule has 2 aliphatic rings. The third-order valence-electron chi connectivity index (χ3n) is 5.84. The van der Waals surface area contributed by atoms with E-state index in [1.807, 2.05) is 0 Å². The molecule has 2 aliphatic carbocycles. The molecule has 4 rings (SSSR count). The summed E-state index contributed by atoms with van der Waals surface area (Å²) in [5.74, 6) is -0.686. The summed E-state index contributed by atoms with van der Waals surface area (Å²) < 4.78 is 0. The summed E-state index contributed by atoms with van der Waals surface area (Å²) in [6.07, 6.45) is 10.5. The minimum atomic E-state index is -1.09. The Bertz CT molecular complexity index is 1090. The molecule has 2 saturated carbocycles. The molecular formula is C22H27N9O3. The van der Waals surface area contributed by atoms with E-state index < -0.39 is 24.0 Å². The van der Waals surface area contributed by atoms with Crippen LogP contribution in [0.4, 0.5) is 11.5 Å². The van der Waals surface area contributed by atoms with Gasteiger partial charge < -0.3 is 26.5 Å². The summed E-state index contributed by atoms with van der Waals surface area (Å²) >= 11 is 0. The van der Waals surface area contributed by atoms with Crippen molar-refractivity contribution in [3.05, 3.63) is 36.3 Å². The smallest absolute Gasteiger partial charge is 0.274 e. The standard InChI is InChI=1S/C22H27N9O3/c1-24-18(21(33)30-14-3-2-4-17(14)32)15(7-23)31-22(34)19-20(28-13-8-25-11-26-9-13)27-10-16(29-19)12-5-6-12/h7-12,14-15,17,23,32H,2-6H2,1H3,(H,27,28)(H,30,33)(H,31,34). The van der Waals surface area contributed by atoms with E-state index in [4.69, 9.17) is 5.41 Å². The number of amides is 2. The molecule has 2 aromatic rings. The molecule has 0 bridgehead atoms. The molecule has 2 heterocycles. The third kappa shape index (κ3) is 5.39. The highest BCUT2D eigenvalue weighted by Crippen LogP contribution is 2.39. The number of anilines is 2. The van der Waals surface area contributed by atoms with Gasteiger partial charge in [-0.05, 0) is 32.1 Å². The van der Waals surface area contributed by atoms with E-state index in [0.29, 0.717) is 24.2 Å². The molecule has 3 atom stereocenters. The lowest BCUT2D eigenvalue weighted by Crippen LogP contribution is -2.51. The van der Waals surface area contributed by atoms with Crippen molar-refractivity contribution in [1.29, 1.82) is 5.41 Å². The molecular weight excluding hydrogens is 438 g/mol. The van der Waals surface area contributed by atoms with Crippen molar-refractivity contribution in [3.63, 3.8) is 0 Å². The van der Waals surface area contributed by atoms with E-state index in [1.165, 1.54) is 25.8 Å². The molecule has 178 valence electrons. The molecule has 12 heteroatoms. The van der Waals surface area contributed by atoms with E-state index in [2.05, 4.69) is 40.9 Å². The summed E-state index contributed by atoms with van der Waals surface area (Å²) in [5.41, 5.74) is 1.23. The van der Waals surface area contributed by atoms with Gasteiger partial charge in [0.05, 0.1) is 42.1 Å². The summed E-state index contributed by atoms with van der Waals surface area (Å²) in [6, 6.07) is -1.47. The first-order valence-electron chi connectivity index (χ1n) is 11.2. The SMILES string of the molecule is CN=C(C(=O)NC1CCCC1O)C(C=N)NC(=O)c1nc(C2CC2)cnc1Nc1cncnc1. The number of nitrogens with one attached hydrogen (secondary N) is 4. The first kappa shape index (κ1) is 23.4. The lowest BCUT2D eigenvalue weighted by atomic mass is 10.1. The number of aromatic nitrogens is 4. The molecule has 5 N–H and O–H groups in total. The average Bonchev–Trinajstić information content (AvgIpc) is 3.62. The minimum absolute atomic E-state index is 0.0298. The van der Waals surface area contributed by atoms with Gasteiger partial charge >= 0.3 is 0 Å². The van der Waals surface area contributed by atoms with Crippen LogP contribution in [0.3, 0.4) is 0 Å². The van der Waals surface area contributed by atoms with Crippen LogP contribution in [0.25, 0.3) is 0 Å². The second-order valence-electron chi connectivity index (χ2n) is 8.32. The average molecular weight is 466 g/mol. The van der Waals surface area contributed by atoms with Gasteiger partial charge in [-0.25, -0.2) is 19.9 Å². The fraction of sp³-hybridized carbons (Fsp3) is 0.455. The quantitative estimate of drug-likeness (QED) is 0.336. The molecule has 0 spiro atoms. The Balaban J connectivity index is 1.53. The van der Waals surface area contributed by atoms with Gasteiger partial charge in [0, 0.05) is 19.2 Å². The second kappa shape index (κ2) is 10.4. The topological polar surface area (TPSA) is 178 Å². The van der Waals surface area contributed by atoms with Gasteiger partial charge in [0.25, 0.3) is 11.8 Å². The molecule has 0 saturated heterocycles. The van der Waals surface area contributed by atoms with Gasteiger partial charge in [-0.15, -0.1) is 0 Å². The van der Waals surface area contributed by atoms with Crippen LogP contribution < -0.4 is 16.0 Å².